The van der Waals surface area contributed by atoms with E-state index in [1.807, 2.05) is 37.3 Å². The van der Waals surface area contributed by atoms with Gasteiger partial charge < -0.3 is 4.74 Å². The van der Waals surface area contributed by atoms with E-state index >= 15 is 0 Å². The molecule has 0 aliphatic carbocycles. The largest absolute Gasteiger partial charge is 0.447 e. The summed E-state index contributed by atoms with van der Waals surface area (Å²) in [6.45, 7) is 1.88. The number of benzene rings is 1. The number of esters is 1. The van der Waals surface area contributed by atoms with Crippen molar-refractivity contribution in [3.05, 3.63) is 48.0 Å². The Morgan fingerprint density at radius 3 is 2.46 bits per heavy atom. The number of rotatable bonds is 1. The third-order valence-electron chi connectivity index (χ3n) is 2.20. The lowest BCUT2D eigenvalue weighted by molar-refractivity contribution is -0.145. The Balaban J connectivity index is 2.37. The van der Waals surface area contributed by atoms with Gasteiger partial charge in [0.2, 0.25) is 0 Å². The molecule has 0 saturated carbocycles. The number of cyclic esters (lactones) is 1. The maximum Gasteiger partial charge on any atom is 0.331 e. The highest BCUT2D eigenvalue weighted by molar-refractivity contribution is 5.85. The van der Waals surface area contributed by atoms with Crippen LogP contribution < -0.4 is 0 Å². The summed E-state index contributed by atoms with van der Waals surface area (Å²) in [5.41, 5.74) is 0.426. The van der Waals surface area contributed by atoms with Crippen LogP contribution in [0.4, 0.5) is 0 Å². The molecule has 66 valence electrons. The van der Waals surface area contributed by atoms with Gasteiger partial charge in [-0.3, -0.25) is 0 Å². The Labute approximate surface area is 76.8 Å². The molecular weight excluding hydrogens is 164 g/mol. The van der Waals surface area contributed by atoms with Gasteiger partial charge in [0.05, 0.1) is 0 Å². The van der Waals surface area contributed by atoms with Gasteiger partial charge in [-0.1, -0.05) is 30.3 Å². The van der Waals surface area contributed by atoms with E-state index in [1.165, 1.54) is 6.08 Å². The minimum Gasteiger partial charge on any atom is -0.447 e. The average Bonchev–Trinajstić information content (AvgIpc) is 2.49. The van der Waals surface area contributed by atoms with Gasteiger partial charge in [0.1, 0.15) is 0 Å². The van der Waals surface area contributed by atoms with Crippen molar-refractivity contribution in [1.82, 2.24) is 0 Å². The molecule has 1 heterocycles. The molecule has 0 N–H and O–H groups in total. The van der Waals surface area contributed by atoms with Gasteiger partial charge in [0, 0.05) is 6.08 Å². The van der Waals surface area contributed by atoms with Gasteiger partial charge in [-0.2, -0.15) is 0 Å². The molecule has 0 saturated heterocycles. The normalized spacial score (nSPS) is 26.1. The quantitative estimate of drug-likeness (QED) is 0.609. The SMILES string of the molecule is CC1(c2ccccc2)C=CC(=O)O1. The van der Waals surface area contributed by atoms with Gasteiger partial charge in [-0.15, -0.1) is 0 Å². The zero-order chi connectivity index (χ0) is 9.31. The Morgan fingerprint density at radius 1 is 1.23 bits per heavy atom. The molecule has 1 aromatic carbocycles. The van der Waals surface area contributed by atoms with E-state index in [2.05, 4.69) is 0 Å². The van der Waals surface area contributed by atoms with Crippen LogP contribution in [0.15, 0.2) is 42.5 Å². The molecule has 2 heteroatoms. The van der Waals surface area contributed by atoms with Gasteiger partial charge in [-0.05, 0) is 18.6 Å². The minimum absolute atomic E-state index is 0.272. The van der Waals surface area contributed by atoms with E-state index in [9.17, 15) is 4.79 Å². The lowest BCUT2D eigenvalue weighted by atomic mass is 9.97. The third kappa shape index (κ3) is 1.35. The molecule has 0 spiro atoms. The van der Waals surface area contributed by atoms with Crippen molar-refractivity contribution in [1.29, 1.82) is 0 Å². The van der Waals surface area contributed by atoms with E-state index < -0.39 is 5.60 Å². The standard InChI is InChI=1S/C11H10O2/c1-11(8-7-10(12)13-11)9-5-3-2-4-6-9/h2-8H,1H3. The van der Waals surface area contributed by atoms with Crippen LogP contribution in [0, 0.1) is 0 Å². The van der Waals surface area contributed by atoms with Crippen LogP contribution in [0.2, 0.25) is 0 Å². The van der Waals surface area contributed by atoms with Crippen LogP contribution in [-0.4, -0.2) is 5.97 Å². The number of carbonyl (C=O) groups excluding carboxylic acids is 1. The van der Waals surface area contributed by atoms with Gasteiger partial charge in [-0.25, -0.2) is 4.79 Å². The molecule has 1 atom stereocenters. The first-order valence-electron chi connectivity index (χ1n) is 4.18. The first-order valence-corrected chi connectivity index (χ1v) is 4.18. The van der Waals surface area contributed by atoms with Crippen molar-refractivity contribution in [3.8, 4) is 0 Å². The predicted octanol–water partition coefficient (Wildman–Crippen LogP) is 2.01. The first kappa shape index (κ1) is 8.05. The summed E-state index contributed by atoms with van der Waals surface area (Å²) >= 11 is 0. The summed E-state index contributed by atoms with van der Waals surface area (Å²) in [7, 11) is 0. The summed E-state index contributed by atoms with van der Waals surface area (Å²) in [4.78, 5) is 10.9. The molecule has 2 nitrogen and oxygen atoms in total. The monoisotopic (exact) mass is 174 g/mol. The summed E-state index contributed by atoms with van der Waals surface area (Å²) in [6, 6.07) is 9.69. The summed E-state index contributed by atoms with van der Waals surface area (Å²) in [6.07, 6.45) is 3.25. The maximum atomic E-state index is 10.9. The van der Waals surface area contributed by atoms with E-state index in [-0.39, 0.29) is 5.97 Å². The first-order chi connectivity index (χ1) is 6.21. The minimum atomic E-state index is -0.571. The number of hydrogen-bond acceptors (Lipinski definition) is 2. The number of carbonyl (C=O) groups is 1. The Bertz CT molecular complexity index is 354. The maximum absolute atomic E-state index is 10.9. The van der Waals surface area contributed by atoms with E-state index in [4.69, 9.17) is 4.74 Å². The van der Waals surface area contributed by atoms with Crippen LogP contribution in [0.3, 0.4) is 0 Å². The second kappa shape index (κ2) is 2.73. The van der Waals surface area contributed by atoms with Crippen LogP contribution >= 0.6 is 0 Å². The predicted molar refractivity (Wildman–Crippen MR) is 49.0 cm³/mol. The lowest BCUT2D eigenvalue weighted by Gasteiger charge is -2.21. The molecule has 13 heavy (non-hydrogen) atoms. The number of ether oxygens (including phenoxy) is 1. The van der Waals surface area contributed by atoms with E-state index in [0.29, 0.717) is 0 Å². The van der Waals surface area contributed by atoms with Crippen LogP contribution in [0.1, 0.15) is 12.5 Å². The Kier molecular flexibility index (Phi) is 1.69. The van der Waals surface area contributed by atoms with Crippen LogP contribution in [0.25, 0.3) is 0 Å². The molecule has 0 radical (unpaired) electrons. The fourth-order valence-corrected chi connectivity index (χ4v) is 1.43. The molecule has 0 aromatic heterocycles. The van der Waals surface area contributed by atoms with Crippen molar-refractivity contribution in [3.63, 3.8) is 0 Å². The average molecular weight is 174 g/mol. The van der Waals surface area contributed by atoms with Gasteiger partial charge in [0.25, 0.3) is 0 Å². The molecular formula is C11H10O2. The van der Waals surface area contributed by atoms with E-state index in [1.54, 1.807) is 6.08 Å². The smallest absolute Gasteiger partial charge is 0.331 e. The van der Waals surface area contributed by atoms with Crippen molar-refractivity contribution < 1.29 is 9.53 Å². The summed E-state index contributed by atoms with van der Waals surface area (Å²) in [5, 5.41) is 0. The zero-order valence-electron chi connectivity index (χ0n) is 7.36. The van der Waals surface area contributed by atoms with Crippen molar-refractivity contribution >= 4 is 5.97 Å². The Hall–Kier alpha value is -1.57. The molecule has 0 amide bonds. The fourth-order valence-electron chi connectivity index (χ4n) is 1.43. The van der Waals surface area contributed by atoms with Crippen molar-refractivity contribution in [2.24, 2.45) is 0 Å². The molecule has 0 bridgehead atoms. The summed E-state index contributed by atoms with van der Waals surface area (Å²) < 4.78 is 5.18. The zero-order valence-corrected chi connectivity index (χ0v) is 7.36. The molecule has 0 fully saturated rings. The highest BCUT2D eigenvalue weighted by atomic mass is 16.6. The molecule has 1 aliphatic rings. The summed E-state index contributed by atoms with van der Waals surface area (Å²) in [5.74, 6) is -0.272. The highest BCUT2D eigenvalue weighted by Gasteiger charge is 2.31. The van der Waals surface area contributed by atoms with Crippen molar-refractivity contribution in [2.75, 3.05) is 0 Å². The molecule has 1 aromatic rings. The molecule has 2 rings (SSSR count). The number of hydrogen-bond donors (Lipinski definition) is 0. The lowest BCUT2D eigenvalue weighted by Crippen LogP contribution is -2.20. The van der Waals surface area contributed by atoms with Gasteiger partial charge in [0.15, 0.2) is 5.60 Å². The second-order valence-corrected chi connectivity index (χ2v) is 3.23. The van der Waals surface area contributed by atoms with Crippen LogP contribution in [-0.2, 0) is 15.1 Å². The Morgan fingerprint density at radius 2 is 1.92 bits per heavy atom. The topological polar surface area (TPSA) is 26.3 Å². The van der Waals surface area contributed by atoms with E-state index in [0.717, 1.165) is 5.56 Å². The van der Waals surface area contributed by atoms with Crippen LogP contribution in [0.5, 0.6) is 0 Å². The highest BCUT2D eigenvalue weighted by Crippen LogP contribution is 2.30. The fraction of sp³-hybridized carbons (Fsp3) is 0.182. The van der Waals surface area contributed by atoms with Crippen molar-refractivity contribution in [2.45, 2.75) is 12.5 Å². The van der Waals surface area contributed by atoms with Gasteiger partial charge >= 0.3 is 5.97 Å². The molecule has 1 aliphatic heterocycles. The molecule has 1 unspecified atom stereocenters. The third-order valence-corrected chi connectivity index (χ3v) is 2.20. The second-order valence-electron chi connectivity index (χ2n) is 3.23.